The smallest absolute Gasteiger partial charge is 0.276 e. The van der Waals surface area contributed by atoms with Crippen LogP contribution in [0.5, 0.6) is 0 Å². The van der Waals surface area contributed by atoms with Crippen LogP contribution in [0, 0.1) is 10.1 Å². The molecule has 0 spiro atoms. The Morgan fingerprint density at radius 3 is 2.80 bits per heavy atom. The Labute approximate surface area is 94.6 Å². The fourth-order valence-corrected chi connectivity index (χ4v) is 1.59. The predicted octanol–water partition coefficient (Wildman–Crippen LogP) is 2.72. The fraction of sp³-hybridized carbons (Fsp3) is 0.333. The summed E-state index contributed by atoms with van der Waals surface area (Å²) in [7, 11) is 0. The van der Waals surface area contributed by atoms with E-state index in [9.17, 15) is 14.5 Å². The maximum absolute atomic E-state index is 13.5. The van der Waals surface area contributed by atoms with Gasteiger partial charge in [0, 0.05) is 10.5 Å². The molecule has 1 atom stereocenters. The van der Waals surface area contributed by atoms with Gasteiger partial charge in [-0.25, -0.2) is 4.39 Å². The van der Waals surface area contributed by atoms with Gasteiger partial charge in [0.05, 0.1) is 10.5 Å². The molecule has 0 aliphatic rings. The van der Waals surface area contributed by atoms with Gasteiger partial charge in [-0.3, -0.25) is 10.1 Å². The predicted molar refractivity (Wildman–Crippen MR) is 58.3 cm³/mol. The van der Waals surface area contributed by atoms with Crippen LogP contribution < -0.4 is 5.73 Å². The molecule has 1 unspecified atom stereocenters. The van der Waals surface area contributed by atoms with E-state index in [-0.39, 0.29) is 24.2 Å². The summed E-state index contributed by atoms with van der Waals surface area (Å²) in [5.41, 5.74) is 5.06. The van der Waals surface area contributed by atoms with Crippen LogP contribution in [-0.4, -0.2) is 11.5 Å². The number of nitro groups is 1. The normalized spacial score (nSPS) is 12.5. The number of nitro benzene ring substituents is 1. The minimum Gasteiger partial charge on any atom is -0.330 e. The molecule has 2 N–H and O–H groups in total. The third-order valence-corrected chi connectivity index (χ3v) is 2.44. The van der Waals surface area contributed by atoms with Gasteiger partial charge in [-0.1, -0.05) is 15.9 Å². The largest absolute Gasteiger partial charge is 0.330 e. The highest BCUT2D eigenvalue weighted by Gasteiger charge is 2.21. The molecule has 4 nitrogen and oxygen atoms in total. The number of halogens is 2. The first kappa shape index (κ1) is 12.1. The number of rotatable bonds is 4. The van der Waals surface area contributed by atoms with Gasteiger partial charge in [0.15, 0.2) is 0 Å². The van der Waals surface area contributed by atoms with Crippen LogP contribution in [0.25, 0.3) is 0 Å². The van der Waals surface area contributed by atoms with Crippen molar-refractivity contribution in [2.24, 2.45) is 5.73 Å². The van der Waals surface area contributed by atoms with E-state index in [0.717, 1.165) is 0 Å². The molecular formula is C9H10BrFN2O2. The lowest BCUT2D eigenvalue weighted by molar-refractivity contribution is -0.386. The van der Waals surface area contributed by atoms with Gasteiger partial charge in [-0.2, -0.15) is 0 Å². The Bertz CT molecular complexity index is 373. The Hall–Kier alpha value is -1.01. The van der Waals surface area contributed by atoms with Crippen molar-refractivity contribution in [1.82, 2.24) is 0 Å². The Kier molecular flexibility index (Phi) is 4.16. The second kappa shape index (κ2) is 5.18. The quantitative estimate of drug-likeness (QED) is 0.679. The number of nitrogens with two attached hydrogens (primary N) is 1. The lowest BCUT2D eigenvalue weighted by atomic mass is 10.1. The average Bonchev–Trinajstić information content (AvgIpc) is 2.17. The van der Waals surface area contributed by atoms with E-state index in [1.165, 1.54) is 12.1 Å². The summed E-state index contributed by atoms with van der Waals surface area (Å²) in [4.78, 5) is 10.1. The molecule has 6 heteroatoms. The SMILES string of the molecule is NCCC(F)c1ccc(Br)cc1[N+](=O)[O-]. The molecule has 0 heterocycles. The second-order valence-corrected chi connectivity index (χ2v) is 3.92. The minimum absolute atomic E-state index is 0.0775. The van der Waals surface area contributed by atoms with Crippen LogP contribution in [0.3, 0.4) is 0 Å². The highest BCUT2D eigenvalue weighted by Crippen LogP contribution is 2.31. The monoisotopic (exact) mass is 276 g/mol. The summed E-state index contributed by atoms with van der Waals surface area (Å²) in [6.45, 7) is 0.161. The van der Waals surface area contributed by atoms with Crippen molar-refractivity contribution in [3.05, 3.63) is 38.3 Å². The molecule has 0 bridgehead atoms. The van der Waals surface area contributed by atoms with Crippen molar-refractivity contribution < 1.29 is 9.31 Å². The number of benzene rings is 1. The molecular weight excluding hydrogens is 267 g/mol. The molecule has 0 saturated heterocycles. The third-order valence-electron chi connectivity index (χ3n) is 1.95. The zero-order chi connectivity index (χ0) is 11.4. The fourth-order valence-electron chi connectivity index (χ4n) is 1.24. The van der Waals surface area contributed by atoms with Crippen LogP contribution >= 0.6 is 15.9 Å². The van der Waals surface area contributed by atoms with Crippen molar-refractivity contribution in [2.75, 3.05) is 6.54 Å². The van der Waals surface area contributed by atoms with Gasteiger partial charge < -0.3 is 5.73 Å². The molecule has 1 aromatic rings. The van der Waals surface area contributed by atoms with Crippen molar-refractivity contribution in [1.29, 1.82) is 0 Å². The summed E-state index contributed by atoms with van der Waals surface area (Å²) in [5.74, 6) is 0. The van der Waals surface area contributed by atoms with Crippen molar-refractivity contribution in [3.8, 4) is 0 Å². The van der Waals surface area contributed by atoms with Crippen molar-refractivity contribution in [3.63, 3.8) is 0 Å². The van der Waals surface area contributed by atoms with E-state index in [1.54, 1.807) is 6.07 Å². The first-order valence-electron chi connectivity index (χ1n) is 4.34. The van der Waals surface area contributed by atoms with Crippen LogP contribution in [0.2, 0.25) is 0 Å². The Balaban J connectivity index is 3.10. The third kappa shape index (κ3) is 2.97. The highest BCUT2D eigenvalue weighted by atomic mass is 79.9. The van der Waals surface area contributed by atoms with Gasteiger partial charge in [0.2, 0.25) is 0 Å². The zero-order valence-electron chi connectivity index (χ0n) is 7.82. The van der Waals surface area contributed by atoms with E-state index in [2.05, 4.69) is 15.9 Å². The van der Waals surface area contributed by atoms with Gasteiger partial charge in [-0.15, -0.1) is 0 Å². The lowest BCUT2D eigenvalue weighted by Gasteiger charge is -2.07. The summed E-state index contributed by atoms with van der Waals surface area (Å²) >= 11 is 3.10. The summed E-state index contributed by atoms with van der Waals surface area (Å²) < 4.78 is 14.0. The zero-order valence-corrected chi connectivity index (χ0v) is 9.41. The maximum atomic E-state index is 13.5. The Morgan fingerprint density at radius 2 is 2.27 bits per heavy atom. The molecule has 0 radical (unpaired) electrons. The number of alkyl halides is 1. The van der Waals surface area contributed by atoms with E-state index in [4.69, 9.17) is 5.73 Å². The summed E-state index contributed by atoms with van der Waals surface area (Å²) in [6.07, 6.45) is -1.30. The topological polar surface area (TPSA) is 69.2 Å². The standard InChI is InChI=1S/C9H10BrFN2O2/c10-6-1-2-7(8(11)3-4-12)9(5-6)13(14)15/h1-2,5,8H,3-4,12H2. The van der Waals surface area contributed by atoms with E-state index in [1.807, 2.05) is 0 Å². The van der Waals surface area contributed by atoms with Gasteiger partial charge in [0.1, 0.15) is 6.17 Å². The maximum Gasteiger partial charge on any atom is 0.276 e. The molecule has 0 aliphatic carbocycles. The lowest BCUT2D eigenvalue weighted by Crippen LogP contribution is -2.05. The molecule has 82 valence electrons. The molecule has 0 aliphatic heterocycles. The molecule has 0 fully saturated rings. The molecule has 0 amide bonds. The average molecular weight is 277 g/mol. The first-order chi connectivity index (χ1) is 7.06. The van der Waals surface area contributed by atoms with E-state index >= 15 is 0 Å². The van der Waals surface area contributed by atoms with Crippen LogP contribution in [0.15, 0.2) is 22.7 Å². The first-order valence-corrected chi connectivity index (χ1v) is 5.13. The Morgan fingerprint density at radius 1 is 1.60 bits per heavy atom. The molecule has 0 saturated carbocycles. The number of hydrogen-bond donors (Lipinski definition) is 1. The molecule has 0 aromatic heterocycles. The van der Waals surface area contributed by atoms with E-state index in [0.29, 0.717) is 4.47 Å². The summed E-state index contributed by atoms with van der Waals surface area (Å²) in [6, 6.07) is 4.27. The van der Waals surface area contributed by atoms with E-state index < -0.39 is 11.1 Å². The van der Waals surface area contributed by atoms with Gasteiger partial charge >= 0.3 is 0 Å². The summed E-state index contributed by atoms with van der Waals surface area (Å²) in [5, 5.41) is 10.7. The molecule has 1 aromatic carbocycles. The molecule has 15 heavy (non-hydrogen) atoms. The number of nitrogens with zero attached hydrogens (tertiary/aromatic N) is 1. The van der Waals surface area contributed by atoms with Crippen LogP contribution in [-0.2, 0) is 0 Å². The number of hydrogen-bond acceptors (Lipinski definition) is 3. The highest BCUT2D eigenvalue weighted by molar-refractivity contribution is 9.10. The van der Waals surface area contributed by atoms with Crippen LogP contribution in [0.4, 0.5) is 10.1 Å². The molecule has 1 rings (SSSR count). The minimum atomic E-state index is -1.39. The van der Waals surface area contributed by atoms with Crippen molar-refractivity contribution in [2.45, 2.75) is 12.6 Å². The van der Waals surface area contributed by atoms with Gasteiger partial charge in [0.25, 0.3) is 5.69 Å². The second-order valence-electron chi connectivity index (χ2n) is 3.01. The van der Waals surface area contributed by atoms with Crippen LogP contribution in [0.1, 0.15) is 18.2 Å². The van der Waals surface area contributed by atoms with Gasteiger partial charge in [-0.05, 0) is 25.1 Å². The van der Waals surface area contributed by atoms with Crippen molar-refractivity contribution >= 4 is 21.6 Å².